The van der Waals surface area contributed by atoms with E-state index >= 15 is 0 Å². The lowest BCUT2D eigenvalue weighted by Crippen LogP contribution is -2.64. The summed E-state index contributed by atoms with van der Waals surface area (Å²) >= 11 is 0. The number of carbonyl (C=O) groups excluding carboxylic acids is 5. The first-order chi connectivity index (χ1) is 21.1. The minimum Gasteiger partial charge on any atom is -0.350 e. The number of benzene rings is 1. The molecule has 1 aromatic carbocycles. The lowest BCUT2D eigenvalue weighted by Gasteiger charge is -2.39. The van der Waals surface area contributed by atoms with Crippen molar-refractivity contribution in [1.82, 2.24) is 25.4 Å². The molecule has 10 heteroatoms. The molecule has 10 nitrogen and oxygen atoms in total. The van der Waals surface area contributed by atoms with E-state index in [9.17, 15) is 24.0 Å². The molecule has 3 heterocycles. The van der Waals surface area contributed by atoms with Crippen LogP contribution in [-0.2, 0) is 37.4 Å². The molecule has 240 valence electrons. The van der Waals surface area contributed by atoms with Gasteiger partial charge < -0.3 is 25.4 Å². The van der Waals surface area contributed by atoms with Crippen molar-refractivity contribution in [3.8, 4) is 0 Å². The Morgan fingerprint density at radius 2 is 1.66 bits per heavy atom. The first kappa shape index (κ1) is 33.2. The molecule has 2 aliphatic rings. The molecule has 2 fully saturated rings. The Kier molecular flexibility index (Phi) is 11.6. The van der Waals surface area contributed by atoms with Crippen LogP contribution in [-0.4, -0.2) is 69.6 Å². The van der Waals surface area contributed by atoms with Crippen LogP contribution in [0.1, 0.15) is 90.5 Å². The van der Waals surface area contributed by atoms with Gasteiger partial charge in [-0.2, -0.15) is 0 Å². The van der Waals surface area contributed by atoms with E-state index in [1.54, 1.807) is 4.90 Å². The highest BCUT2D eigenvalue weighted by atomic mass is 16.2. The van der Waals surface area contributed by atoms with Gasteiger partial charge in [-0.05, 0) is 49.7 Å². The molecule has 3 N–H and O–H groups in total. The molecule has 0 spiro atoms. The number of rotatable bonds is 11. The minimum absolute atomic E-state index is 0.165. The first-order valence-corrected chi connectivity index (χ1v) is 16.4. The third-order valence-electron chi connectivity index (χ3n) is 9.38. The number of ketones is 1. The van der Waals surface area contributed by atoms with Gasteiger partial charge in [-0.1, -0.05) is 58.2 Å². The molecule has 0 saturated carbocycles. The van der Waals surface area contributed by atoms with Gasteiger partial charge in [0.05, 0.1) is 0 Å². The van der Waals surface area contributed by atoms with Crippen LogP contribution < -0.4 is 16.0 Å². The van der Waals surface area contributed by atoms with Crippen molar-refractivity contribution in [3.63, 3.8) is 0 Å². The van der Waals surface area contributed by atoms with Crippen molar-refractivity contribution in [3.05, 3.63) is 36.0 Å². The maximum atomic E-state index is 14.0. The molecule has 4 amide bonds. The average molecular weight is 608 g/mol. The van der Waals surface area contributed by atoms with Crippen LogP contribution in [0.5, 0.6) is 0 Å². The molecule has 2 aliphatic heterocycles. The van der Waals surface area contributed by atoms with Crippen LogP contribution in [0.3, 0.4) is 0 Å². The predicted molar refractivity (Wildman–Crippen MR) is 170 cm³/mol. The third kappa shape index (κ3) is 7.87. The van der Waals surface area contributed by atoms with Crippen LogP contribution in [0.25, 0.3) is 10.9 Å². The van der Waals surface area contributed by atoms with Crippen molar-refractivity contribution in [2.45, 2.75) is 116 Å². The number of aromatic nitrogens is 1. The Balaban J connectivity index is 1.65. The van der Waals surface area contributed by atoms with E-state index in [1.165, 1.54) is 0 Å². The van der Waals surface area contributed by atoms with Gasteiger partial charge in [-0.3, -0.25) is 24.0 Å². The normalized spacial score (nSPS) is 24.0. The lowest BCUT2D eigenvalue weighted by atomic mass is 9.93. The molecular formula is C34H49N5O5. The molecule has 0 bridgehead atoms. The summed E-state index contributed by atoms with van der Waals surface area (Å²) < 4.78 is 1.99. The molecule has 44 heavy (non-hydrogen) atoms. The van der Waals surface area contributed by atoms with E-state index in [0.717, 1.165) is 42.1 Å². The van der Waals surface area contributed by atoms with Gasteiger partial charge in [-0.25, -0.2) is 0 Å². The van der Waals surface area contributed by atoms with Crippen molar-refractivity contribution in [1.29, 1.82) is 0 Å². The largest absolute Gasteiger partial charge is 0.350 e. The molecule has 2 saturated heterocycles. The van der Waals surface area contributed by atoms with Crippen LogP contribution in [0, 0.1) is 5.92 Å². The van der Waals surface area contributed by atoms with Crippen LogP contribution in [0.2, 0.25) is 0 Å². The van der Waals surface area contributed by atoms with Gasteiger partial charge in [0, 0.05) is 50.0 Å². The number of Topliss-reactive ketones (excluding diaryl/α,β-unsaturated/α-hetero) is 1. The number of para-hydroxylation sites is 1. The number of unbranched alkanes of at least 4 members (excludes halogenated alkanes) is 2. The topological polar surface area (TPSA) is 130 Å². The highest BCUT2D eigenvalue weighted by molar-refractivity contribution is 5.98. The van der Waals surface area contributed by atoms with Gasteiger partial charge >= 0.3 is 0 Å². The monoisotopic (exact) mass is 607 g/mol. The molecule has 4 rings (SSSR count). The zero-order valence-corrected chi connectivity index (χ0v) is 26.7. The fourth-order valence-corrected chi connectivity index (χ4v) is 6.43. The molecule has 0 aliphatic carbocycles. The van der Waals surface area contributed by atoms with Crippen LogP contribution in [0.4, 0.5) is 0 Å². The number of amides is 4. The Morgan fingerprint density at radius 3 is 2.41 bits per heavy atom. The summed E-state index contributed by atoms with van der Waals surface area (Å²) in [6.45, 7) is 6.18. The fraction of sp³-hybridized carbons (Fsp3) is 0.618. The van der Waals surface area contributed by atoms with Gasteiger partial charge in [0.2, 0.25) is 23.6 Å². The van der Waals surface area contributed by atoms with E-state index in [2.05, 4.69) is 16.0 Å². The number of hydrogen-bond acceptors (Lipinski definition) is 5. The smallest absolute Gasteiger partial charge is 0.246 e. The summed E-state index contributed by atoms with van der Waals surface area (Å²) in [6, 6.07) is 4.58. The van der Waals surface area contributed by atoms with E-state index < -0.39 is 36.0 Å². The molecule has 0 radical (unpaired) electrons. The number of aryl methyl sites for hydroxylation is 1. The summed E-state index contributed by atoms with van der Waals surface area (Å²) in [7, 11) is 1.94. The van der Waals surface area contributed by atoms with Gasteiger partial charge in [-0.15, -0.1) is 0 Å². The number of hydrogen-bond donors (Lipinski definition) is 3. The van der Waals surface area contributed by atoms with E-state index in [-0.39, 0.29) is 29.9 Å². The van der Waals surface area contributed by atoms with Crippen molar-refractivity contribution < 1.29 is 24.0 Å². The second kappa shape index (κ2) is 15.3. The third-order valence-corrected chi connectivity index (χ3v) is 9.38. The minimum atomic E-state index is -0.953. The van der Waals surface area contributed by atoms with Gasteiger partial charge in [0.15, 0.2) is 0 Å². The Morgan fingerprint density at radius 1 is 0.932 bits per heavy atom. The highest BCUT2D eigenvalue weighted by Gasteiger charge is 2.40. The molecule has 1 aromatic heterocycles. The molecule has 5 atom stereocenters. The zero-order valence-electron chi connectivity index (χ0n) is 26.7. The summed E-state index contributed by atoms with van der Waals surface area (Å²) in [5, 5.41) is 9.91. The van der Waals surface area contributed by atoms with Crippen molar-refractivity contribution in [2.75, 3.05) is 6.54 Å². The number of nitrogens with zero attached hydrogens (tertiary/aromatic N) is 2. The number of fused-ring (bicyclic) bond motifs is 2. The maximum absolute atomic E-state index is 14.0. The Bertz CT molecular complexity index is 1350. The van der Waals surface area contributed by atoms with Crippen LogP contribution >= 0.6 is 0 Å². The average Bonchev–Trinajstić information content (AvgIpc) is 3.35. The molecule has 1 unspecified atom stereocenters. The second-order valence-corrected chi connectivity index (χ2v) is 12.5. The molecular weight excluding hydrogens is 558 g/mol. The standard InChI is InChI=1S/C34H49N5O5/c1-5-22(3)30-34(44)39-19-13-12-18-29(39)33(43)35-26(16-9-7-8-14-24(40)6-2)31(41)36-27(32(42)37-30)20-23-21-38(4)28-17-11-10-15-25(23)28/h10-11,15,17,21-22,26-27,29-30H,5-9,12-14,16,18-20H2,1-4H3,(H,35,43)(H,36,41)(H,37,42)/t22?,26-,27-,29-,30-/m1/s1. The lowest BCUT2D eigenvalue weighted by molar-refractivity contribution is -0.147. The quantitative estimate of drug-likeness (QED) is 0.337. The fourth-order valence-electron chi connectivity index (χ4n) is 6.43. The Labute approximate surface area is 260 Å². The molecule has 2 aromatic rings. The maximum Gasteiger partial charge on any atom is 0.246 e. The SMILES string of the molecule is CCC(=O)CCCCC[C@H]1NC(=O)[C@H]2CCCCN2C(=O)[C@@H](C(C)CC)NC(=O)[C@@H](Cc2cn(C)c3ccccc23)NC1=O. The summed E-state index contributed by atoms with van der Waals surface area (Å²) in [6.07, 6.45) is 8.44. The summed E-state index contributed by atoms with van der Waals surface area (Å²) in [5.41, 5.74) is 1.91. The number of piperidine rings is 1. The summed E-state index contributed by atoms with van der Waals surface area (Å²) in [4.78, 5) is 68.9. The van der Waals surface area contributed by atoms with Crippen LogP contribution in [0.15, 0.2) is 30.5 Å². The first-order valence-electron chi connectivity index (χ1n) is 16.4. The van der Waals surface area contributed by atoms with Crippen molar-refractivity contribution in [2.24, 2.45) is 13.0 Å². The van der Waals surface area contributed by atoms with E-state index in [0.29, 0.717) is 45.1 Å². The van der Waals surface area contributed by atoms with Gasteiger partial charge in [0.1, 0.15) is 30.0 Å². The zero-order chi connectivity index (χ0) is 31.8. The second-order valence-electron chi connectivity index (χ2n) is 12.5. The van der Waals surface area contributed by atoms with E-state index in [1.807, 2.05) is 62.8 Å². The number of carbonyl (C=O) groups is 5. The highest BCUT2D eigenvalue weighted by Crippen LogP contribution is 2.24. The summed E-state index contributed by atoms with van der Waals surface area (Å²) in [5.74, 6) is -1.37. The predicted octanol–water partition coefficient (Wildman–Crippen LogP) is 3.55. The number of nitrogens with one attached hydrogen (secondary N) is 3. The Hall–Kier alpha value is -3.69. The van der Waals surface area contributed by atoms with E-state index in [4.69, 9.17) is 0 Å². The van der Waals surface area contributed by atoms with Crippen molar-refractivity contribution >= 4 is 40.3 Å². The van der Waals surface area contributed by atoms with Gasteiger partial charge in [0.25, 0.3) is 0 Å².